The molecule has 0 aliphatic carbocycles. The fourth-order valence-electron chi connectivity index (χ4n) is 3.02. The third kappa shape index (κ3) is 24.4. The number of esters is 1. The van der Waals surface area contributed by atoms with Crippen LogP contribution < -0.4 is 16.0 Å². The summed E-state index contributed by atoms with van der Waals surface area (Å²) in [7, 11) is 1.20. The molecule has 0 bridgehead atoms. The molecule has 0 saturated carbocycles. The van der Waals surface area contributed by atoms with E-state index in [-0.39, 0.29) is 19.0 Å². The average molecular weight is 554 g/mol. The van der Waals surface area contributed by atoms with Gasteiger partial charge in [-0.15, -0.1) is 0 Å². The Kier molecular flexibility index (Phi) is 24.0. The Morgan fingerprint density at radius 3 is 1.65 bits per heavy atom. The number of carbonyl (C=O) groups excluding carboxylic acids is 4. The number of hydrogen-bond donors (Lipinski definition) is 3. The monoisotopic (exact) mass is 553 g/mol. The van der Waals surface area contributed by atoms with Crippen LogP contribution in [0, 0.1) is 0 Å². The number of ether oxygens (including phenoxy) is 1. The lowest BCUT2D eigenvalue weighted by atomic mass is 10.2. The molecule has 0 rings (SSSR count). The van der Waals surface area contributed by atoms with E-state index >= 15 is 0 Å². The van der Waals surface area contributed by atoms with E-state index in [1.165, 1.54) is 14.0 Å². The number of hydrogen-bond acceptors (Lipinski definition) is 5. The van der Waals surface area contributed by atoms with Crippen molar-refractivity contribution in [2.75, 3.05) is 20.2 Å². The molecule has 0 aromatic carbocycles. The van der Waals surface area contributed by atoms with Gasteiger partial charge < -0.3 is 20.7 Å². The Labute approximate surface area is 240 Å². The predicted molar refractivity (Wildman–Crippen MR) is 162 cm³/mol. The van der Waals surface area contributed by atoms with Gasteiger partial charge in [0, 0.05) is 31.7 Å². The van der Waals surface area contributed by atoms with Crippen LogP contribution in [0.25, 0.3) is 0 Å². The van der Waals surface area contributed by atoms with Crippen LogP contribution in [0.2, 0.25) is 0 Å². The minimum atomic E-state index is -0.793. The van der Waals surface area contributed by atoms with E-state index in [1.54, 1.807) is 0 Å². The number of rotatable bonds is 21. The SMILES string of the molecule is CCC=CCC=CCC=CCC=CCC=CCC=CCCC(=O)NCCNC(=O)[C@H](C)NC(=O)C=CC(=O)OC. The minimum absolute atomic E-state index is 0.0944. The van der Waals surface area contributed by atoms with Gasteiger partial charge in [0.05, 0.1) is 7.11 Å². The Morgan fingerprint density at radius 1 is 0.675 bits per heavy atom. The summed E-state index contributed by atoms with van der Waals surface area (Å²) in [5, 5.41) is 7.81. The third-order valence-corrected chi connectivity index (χ3v) is 5.21. The molecule has 0 aliphatic rings. The highest BCUT2D eigenvalue weighted by molar-refractivity contribution is 5.96. The van der Waals surface area contributed by atoms with Gasteiger partial charge >= 0.3 is 5.97 Å². The molecule has 1 atom stereocenters. The molecule has 0 aromatic rings. The summed E-state index contributed by atoms with van der Waals surface area (Å²) in [5.41, 5.74) is 0. The Morgan fingerprint density at radius 2 is 1.15 bits per heavy atom. The van der Waals surface area contributed by atoms with Gasteiger partial charge in [-0.2, -0.15) is 0 Å². The summed E-state index contributed by atoms with van der Waals surface area (Å²) >= 11 is 0. The summed E-state index contributed by atoms with van der Waals surface area (Å²) in [6.07, 6.45) is 34.4. The first-order chi connectivity index (χ1) is 19.4. The Bertz CT molecular complexity index is 942. The summed E-state index contributed by atoms with van der Waals surface area (Å²) < 4.78 is 4.39. The van der Waals surface area contributed by atoms with Crippen molar-refractivity contribution in [2.24, 2.45) is 0 Å². The average Bonchev–Trinajstić information content (AvgIpc) is 2.95. The van der Waals surface area contributed by atoms with Crippen molar-refractivity contribution in [3.63, 3.8) is 0 Å². The van der Waals surface area contributed by atoms with E-state index in [1.807, 2.05) is 12.2 Å². The molecule has 0 fully saturated rings. The molecule has 0 heterocycles. The van der Waals surface area contributed by atoms with Gasteiger partial charge in [0.1, 0.15) is 6.04 Å². The summed E-state index contributed by atoms with van der Waals surface area (Å²) in [5.74, 6) is -1.74. The maximum atomic E-state index is 12.0. The van der Waals surface area contributed by atoms with Crippen LogP contribution in [0.4, 0.5) is 0 Å². The highest BCUT2D eigenvalue weighted by Gasteiger charge is 2.13. The molecule has 8 nitrogen and oxygen atoms in total. The van der Waals surface area contributed by atoms with Crippen LogP contribution in [0.15, 0.2) is 85.1 Å². The number of amides is 3. The largest absolute Gasteiger partial charge is 0.466 e. The van der Waals surface area contributed by atoms with E-state index in [9.17, 15) is 19.2 Å². The molecule has 0 saturated heterocycles. The van der Waals surface area contributed by atoms with Crippen LogP contribution in [0.3, 0.4) is 0 Å². The Hall–Kier alpha value is -3.94. The number of nitrogens with one attached hydrogen (secondary N) is 3. The zero-order valence-electron chi connectivity index (χ0n) is 24.3. The van der Waals surface area contributed by atoms with Crippen molar-refractivity contribution >= 4 is 23.7 Å². The molecule has 0 aliphatic heterocycles. The van der Waals surface area contributed by atoms with Gasteiger partial charge in [-0.25, -0.2) is 4.79 Å². The first-order valence-corrected chi connectivity index (χ1v) is 13.9. The molecule has 40 heavy (non-hydrogen) atoms. The molecule has 3 amide bonds. The van der Waals surface area contributed by atoms with Crippen LogP contribution in [-0.4, -0.2) is 49.9 Å². The van der Waals surface area contributed by atoms with Crippen LogP contribution in [0.1, 0.15) is 65.2 Å². The number of carbonyl (C=O) groups is 4. The van der Waals surface area contributed by atoms with Crippen molar-refractivity contribution in [2.45, 2.75) is 71.3 Å². The van der Waals surface area contributed by atoms with E-state index in [0.717, 1.165) is 50.7 Å². The van der Waals surface area contributed by atoms with Crippen molar-refractivity contribution in [3.05, 3.63) is 85.1 Å². The van der Waals surface area contributed by atoms with E-state index in [4.69, 9.17) is 0 Å². The molecular weight excluding hydrogens is 506 g/mol. The normalized spacial score (nSPS) is 13.0. The highest BCUT2D eigenvalue weighted by atomic mass is 16.5. The van der Waals surface area contributed by atoms with Gasteiger partial charge in [-0.3, -0.25) is 14.4 Å². The fraction of sp³-hybridized carbons (Fsp3) is 0.438. The molecule has 0 aromatic heterocycles. The van der Waals surface area contributed by atoms with Crippen molar-refractivity contribution in [1.82, 2.24) is 16.0 Å². The molecule has 0 spiro atoms. The number of allylic oxidation sites excluding steroid dienone is 12. The van der Waals surface area contributed by atoms with Crippen molar-refractivity contribution in [3.8, 4) is 0 Å². The van der Waals surface area contributed by atoms with Gasteiger partial charge in [0.2, 0.25) is 17.7 Å². The lowest BCUT2D eigenvalue weighted by Crippen LogP contribution is -2.46. The lowest BCUT2D eigenvalue weighted by molar-refractivity contribution is -0.135. The van der Waals surface area contributed by atoms with Crippen molar-refractivity contribution < 1.29 is 23.9 Å². The zero-order chi connectivity index (χ0) is 29.7. The molecule has 0 radical (unpaired) electrons. The second-order valence-corrected chi connectivity index (χ2v) is 8.68. The number of methoxy groups -OCH3 is 1. The van der Waals surface area contributed by atoms with Gasteiger partial charge in [0.25, 0.3) is 0 Å². The molecule has 8 heteroatoms. The molecule has 220 valence electrons. The van der Waals surface area contributed by atoms with E-state index in [0.29, 0.717) is 12.8 Å². The van der Waals surface area contributed by atoms with E-state index < -0.39 is 23.8 Å². The van der Waals surface area contributed by atoms with E-state index in [2.05, 4.69) is 88.4 Å². The lowest BCUT2D eigenvalue weighted by Gasteiger charge is -2.13. The maximum Gasteiger partial charge on any atom is 0.330 e. The smallest absolute Gasteiger partial charge is 0.330 e. The van der Waals surface area contributed by atoms with Gasteiger partial charge in [0.15, 0.2) is 0 Å². The highest BCUT2D eigenvalue weighted by Crippen LogP contribution is 1.98. The first kappa shape index (κ1) is 36.1. The van der Waals surface area contributed by atoms with Gasteiger partial charge in [-0.1, -0.05) is 79.8 Å². The maximum absolute atomic E-state index is 12.0. The predicted octanol–water partition coefficient (Wildman–Crippen LogP) is 4.93. The van der Waals surface area contributed by atoms with Crippen molar-refractivity contribution in [1.29, 1.82) is 0 Å². The second-order valence-electron chi connectivity index (χ2n) is 8.68. The van der Waals surface area contributed by atoms with Crippen LogP contribution in [-0.2, 0) is 23.9 Å². The molecule has 0 unspecified atom stereocenters. The van der Waals surface area contributed by atoms with Crippen LogP contribution >= 0.6 is 0 Å². The summed E-state index contributed by atoms with van der Waals surface area (Å²) in [6.45, 7) is 4.18. The topological polar surface area (TPSA) is 114 Å². The quantitative estimate of drug-likeness (QED) is 0.0807. The van der Waals surface area contributed by atoms with Crippen LogP contribution in [0.5, 0.6) is 0 Å². The Balaban J connectivity index is 3.79. The second kappa shape index (κ2) is 26.7. The fourth-order valence-corrected chi connectivity index (χ4v) is 3.02. The summed E-state index contributed by atoms with van der Waals surface area (Å²) in [4.78, 5) is 46.5. The third-order valence-electron chi connectivity index (χ3n) is 5.21. The first-order valence-electron chi connectivity index (χ1n) is 13.9. The minimum Gasteiger partial charge on any atom is -0.466 e. The summed E-state index contributed by atoms with van der Waals surface area (Å²) in [6, 6.07) is -0.793. The molecular formula is C32H47N3O5. The molecule has 3 N–H and O–H groups in total. The zero-order valence-corrected chi connectivity index (χ0v) is 24.3. The van der Waals surface area contributed by atoms with Gasteiger partial charge in [-0.05, 0) is 51.9 Å². The standard InChI is InChI=1S/C32H47N3O5/c1-4-5-6-7-8-9-10-11-12-13-14-15-16-17-18-19-20-21-22-23-29(36)33-26-27-34-32(39)28(2)35-30(37)24-25-31(38)40-3/h5-6,8-9,11-12,14-15,17-18,20-21,24-25,28H,4,7,10,13,16,19,22-23,26-27H2,1-3H3,(H,33,36)(H,34,39)(H,35,37)/t28-/m0/s1.